The third kappa shape index (κ3) is 8.30. The van der Waals surface area contributed by atoms with E-state index in [9.17, 15) is 28.8 Å². The molecule has 3 heterocycles. The van der Waals surface area contributed by atoms with Crippen molar-refractivity contribution in [2.24, 2.45) is 0 Å². The van der Waals surface area contributed by atoms with Crippen LogP contribution in [0, 0.1) is 0 Å². The predicted molar refractivity (Wildman–Crippen MR) is 205 cm³/mol. The maximum absolute atomic E-state index is 14.4. The molecule has 14 heteroatoms. The molecule has 3 aliphatic heterocycles. The number of halogens is 2. The van der Waals surface area contributed by atoms with Crippen molar-refractivity contribution in [1.82, 2.24) is 10.6 Å². The van der Waals surface area contributed by atoms with Crippen molar-refractivity contribution in [2.45, 2.75) is 50.6 Å². The van der Waals surface area contributed by atoms with Crippen molar-refractivity contribution in [1.29, 1.82) is 0 Å². The highest BCUT2D eigenvalue weighted by Crippen LogP contribution is 2.37. The first-order chi connectivity index (χ1) is 26.5. The molecule has 4 aromatic rings. The van der Waals surface area contributed by atoms with Crippen LogP contribution in [-0.2, 0) is 52.9 Å². The summed E-state index contributed by atoms with van der Waals surface area (Å²) < 4.78 is 1.10. The summed E-state index contributed by atoms with van der Waals surface area (Å²) in [6.45, 7) is -0.759. The number of hydrogen-bond acceptors (Lipinski definition) is 7. The van der Waals surface area contributed by atoms with Crippen LogP contribution >= 0.6 is 23.2 Å². The van der Waals surface area contributed by atoms with Crippen LogP contribution in [0.25, 0.3) is 0 Å². The zero-order valence-electron chi connectivity index (χ0n) is 29.5. The second-order valence-corrected chi connectivity index (χ2v) is 14.3. The van der Waals surface area contributed by atoms with Crippen molar-refractivity contribution in [2.75, 3.05) is 22.9 Å². The van der Waals surface area contributed by atoms with E-state index in [0.29, 0.717) is 34.8 Å². The highest BCUT2D eigenvalue weighted by atomic mass is 35.5. The molecule has 0 fully saturated rings. The second-order valence-electron chi connectivity index (χ2n) is 13.5. The molecule has 0 aromatic heterocycles. The Labute approximate surface area is 326 Å². The summed E-state index contributed by atoms with van der Waals surface area (Å²) in [4.78, 5) is 90.5. The summed E-state index contributed by atoms with van der Waals surface area (Å²) in [7, 11) is 0. The number of benzene rings is 4. The van der Waals surface area contributed by atoms with E-state index in [4.69, 9.17) is 28.0 Å². The number of Topliss-reactive ketones (excluding diaryl/α,β-unsaturated/α-hetero) is 1. The smallest absolute Gasteiger partial charge is 0.344 e. The number of amides is 4. The molecule has 0 radical (unpaired) electrons. The zero-order chi connectivity index (χ0) is 38.6. The minimum atomic E-state index is -1.31. The van der Waals surface area contributed by atoms with Gasteiger partial charge in [0.05, 0.1) is 41.3 Å². The van der Waals surface area contributed by atoms with Gasteiger partial charge in [-0.05, 0) is 42.2 Å². The SMILES string of the molecule is O=C(CN1C(=O)[C@@H](NC(=O)CCc2ccccc2)CN(C(=O)CCc2ccccc2)c2ccccc21)N[C@H]1CC(=O)O[N+]2=C(Cc3c(Cl)cc(Cl)cc32)C1=O. The van der Waals surface area contributed by atoms with Gasteiger partial charge >= 0.3 is 5.97 Å². The molecule has 2 atom stereocenters. The van der Waals surface area contributed by atoms with Crippen LogP contribution < -0.4 is 20.4 Å². The molecular formula is C41H36Cl2N5O7+. The van der Waals surface area contributed by atoms with Gasteiger partial charge in [-0.2, -0.15) is 4.84 Å². The van der Waals surface area contributed by atoms with Crippen molar-refractivity contribution < 1.29 is 38.3 Å². The minimum Gasteiger partial charge on any atom is -0.344 e. The lowest BCUT2D eigenvalue weighted by Crippen LogP contribution is -2.55. The third-order valence-corrected chi connectivity index (χ3v) is 10.3. The van der Waals surface area contributed by atoms with Crippen LogP contribution in [0.4, 0.5) is 17.1 Å². The maximum Gasteiger partial charge on any atom is 0.383 e. The fourth-order valence-corrected chi connectivity index (χ4v) is 7.56. The van der Waals surface area contributed by atoms with E-state index < -0.39 is 54.5 Å². The zero-order valence-corrected chi connectivity index (χ0v) is 31.0. The second kappa shape index (κ2) is 16.3. The number of nitrogens with one attached hydrogen (secondary N) is 2. The summed E-state index contributed by atoms with van der Waals surface area (Å²) in [5, 5.41) is 6.03. The van der Waals surface area contributed by atoms with E-state index >= 15 is 0 Å². The van der Waals surface area contributed by atoms with Crippen molar-refractivity contribution in [3.63, 3.8) is 0 Å². The number of carbonyl (C=O) groups excluding carboxylic acids is 6. The molecule has 55 heavy (non-hydrogen) atoms. The molecule has 0 bridgehead atoms. The maximum atomic E-state index is 14.4. The average Bonchev–Trinajstić information content (AvgIpc) is 3.43. The molecule has 3 aliphatic rings. The average molecular weight is 782 g/mol. The summed E-state index contributed by atoms with van der Waals surface area (Å²) in [6.07, 6.45) is 0.659. The summed E-state index contributed by atoms with van der Waals surface area (Å²) in [5.74, 6) is -3.41. The summed E-state index contributed by atoms with van der Waals surface area (Å²) >= 11 is 12.6. The van der Waals surface area contributed by atoms with Gasteiger partial charge in [-0.1, -0.05) is 96.0 Å². The van der Waals surface area contributed by atoms with E-state index in [-0.39, 0.29) is 48.1 Å². The van der Waals surface area contributed by atoms with Gasteiger partial charge in [0.25, 0.3) is 17.3 Å². The van der Waals surface area contributed by atoms with Crippen molar-refractivity contribution in [3.05, 3.63) is 124 Å². The van der Waals surface area contributed by atoms with Gasteiger partial charge < -0.3 is 15.5 Å². The van der Waals surface area contributed by atoms with Gasteiger partial charge in [-0.25, -0.2) is 4.79 Å². The number of fused-ring (bicyclic) bond motifs is 3. The Morgan fingerprint density at radius 3 is 2.07 bits per heavy atom. The van der Waals surface area contributed by atoms with E-state index in [2.05, 4.69) is 10.6 Å². The van der Waals surface area contributed by atoms with E-state index in [0.717, 1.165) is 15.9 Å². The topological polar surface area (TPSA) is 145 Å². The number of carbonyl (C=O) groups is 6. The fourth-order valence-electron chi connectivity index (χ4n) is 7.02. The van der Waals surface area contributed by atoms with Crippen LogP contribution in [0.15, 0.2) is 97.1 Å². The number of hydrogen-bond donors (Lipinski definition) is 2. The van der Waals surface area contributed by atoms with E-state index in [1.54, 1.807) is 24.3 Å². The Hall–Kier alpha value is -5.85. The van der Waals surface area contributed by atoms with Crippen molar-refractivity contribution in [3.8, 4) is 0 Å². The Morgan fingerprint density at radius 2 is 1.38 bits per heavy atom. The molecule has 280 valence electrons. The molecular weight excluding hydrogens is 745 g/mol. The summed E-state index contributed by atoms with van der Waals surface area (Å²) in [5.41, 5.74) is 3.54. The van der Waals surface area contributed by atoms with Crippen LogP contribution in [0.1, 0.15) is 36.0 Å². The molecule has 12 nitrogen and oxygen atoms in total. The van der Waals surface area contributed by atoms with E-state index in [1.807, 2.05) is 60.7 Å². The quantitative estimate of drug-likeness (QED) is 0.176. The highest BCUT2D eigenvalue weighted by Gasteiger charge is 2.47. The Morgan fingerprint density at radius 1 is 0.764 bits per heavy atom. The fraction of sp³-hybridized carbons (Fsp3) is 0.244. The van der Waals surface area contributed by atoms with Gasteiger partial charge in [0, 0.05) is 28.7 Å². The lowest BCUT2D eigenvalue weighted by Gasteiger charge is -2.25. The normalized spacial score (nSPS) is 17.7. The molecule has 4 amide bonds. The minimum absolute atomic E-state index is 0.0432. The number of aryl methyl sites for hydroxylation is 2. The number of rotatable bonds is 10. The first kappa shape index (κ1) is 37.5. The molecule has 7 rings (SSSR count). The highest BCUT2D eigenvalue weighted by molar-refractivity contribution is 6.43. The lowest BCUT2D eigenvalue weighted by molar-refractivity contribution is -0.696. The Kier molecular flexibility index (Phi) is 11.1. The number of ketones is 1. The van der Waals surface area contributed by atoms with Crippen LogP contribution in [0.2, 0.25) is 10.0 Å². The standard InChI is InChI=1S/C41H35Cl2N5O7/c42-27-19-29(43)28-21-35-40(53)30(22-39(52)55-48(35)34(28)20-27)44-37(50)24-47-33-14-8-7-13-32(33)46(38(51)18-16-26-11-5-2-6-12-26)23-31(41(47)54)45-36(49)17-15-25-9-3-1-4-10-25/h1-14,19-20,30-31H,15-18,21-24H2,(H-,44,45,49,50)/p+1/t30-,31-/m0/s1. The molecule has 0 unspecified atom stereocenters. The number of nitrogens with zero attached hydrogens (tertiary/aromatic N) is 3. The lowest BCUT2D eigenvalue weighted by atomic mass is 10.0. The third-order valence-electron chi connectivity index (χ3n) is 9.73. The van der Waals surface area contributed by atoms with Gasteiger partial charge in [0.15, 0.2) is 0 Å². The van der Waals surface area contributed by atoms with Gasteiger partial charge in [0.1, 0.15) is 18.6 Å². The molecule has 0 saturated carbocycles. The predicted octanol–water partition coefficient (Wildman–Crippen LogP) is 4.68. The van der Waals surface area contributed by atoms with Gasteiger partial charge in [0.2, 0.25) is 23.5 Å². The molecule has 2 N–H and O–H groups in total. The Balaban J connectivity index is 1.14. The number of anilines is 2. The molecule has 0 spiro atoms. The monoisotopic (exact) mass is 780 g/mol. The summed E-state index contributed by atoms with van der Waals surface area (Å²) in [6, 6.07) is 26.2. The van der Waals surface area contributed by atoms with Crippen LogP contribution in [0.3, 0.4) is 0 Å². The van der Waals surface area contributed by atoms with Crippen LogP contribution in [0.5, 0.6) is 0 Å². The molecule has 0 saturated heterocycles. The first-order valence-electron chi connectivity index (χ1n) is 17.8. The molecule has 0 aliphatic carbocycles. The Bertz CT molecular complexity index is 2230. The van der Waals surface area contributed by atoms with Gasteiger partial charge in [-0.3, -0.25) is 28.9 Å². The number of para-hydroxylation sites is 2. The largest absolute Gasteiger partial charge is 0.383 e. The first-order valence-corrected chi connectivity index (χ1v) is 18.6. The van der Waals surface area contributed by atoms with Crippen LogP contribution in [-0.4, -0.2) is 71.0 Å². The van der Waals surface area contributed by atoms with E-state index in [1.165, 1.54) is 21.9 Å². The molecule has 4 aromatic carbocycles. The van der Waals surface area contributed by atoms with Gasteiger partial charge in [-0.15, -0.1) is 0 Å². The van der Waals surface area contributed by atoms with Crippen molar-refractivity contribution >= 4 is 81.4 Å².